The Kier molecular flexibility index (Phi) is 4.61. The van der Waals surface area contributed by atoms with Crippen LogP contribution in [0.4, 0.5) is 11.4 Å². The van der Waals surface area contributed by atoms with E-state index in [1.807, 2.05) is 34.7 Å². The van der Waals surface area contributed by atoms with E-state index in [0.29, 0.717) is 9.13 Å². The van der Waals surface area contributed by atoms with Crippen molar-refractivity contribution in [3.63, 3.8) is 0 Å². The van der Waals surface area contributed by atoms with E-state index >= 15 is 0 Å². The molecular formula is C17H15IN2O3. The van der Waals surface area contributed by atoms with E-state index in [2.05, 4.69) is 11.4 Å². The van der Waals surface area contributed by atoms with Gasteiger partial charge < -0.3 is 5.32 Å². The van der Waals surface area contributed by atoms with Gasteiger partial charge in [0.15, 0.2) is 0 Å². The molecule has 1 aliphatic carbocycles. The van der Waals surface area contributed by atoms with Gasteiger partial charge >= 0.3 is 0 Å². The Hall–Kier alpha value is -1.96. The molecule has 0 aliphatic heterocycles. The number of hydrogen-bond acceptors (Lipinski definition) is 3. The normalized spacial score (nSPS) is 13.3. The lowest BCUT2D eigenvalue weighted by molar-refractivity contribution is -0.384. The maximum atomic E-state index is 12.5. The number of anilines is 1. The summed E-state index contributed by atoms with van der Waals surface area (Å²) in [7, 11) is 0. The molecule has 0 aromatic heterocycles. The molecular weight excluding hydrogens is 407 g/mol. The van der Waals surface area contributed by atoms with E-state index in [1.54, 1.807) is 0 Å². The lowest BCUT2D eigenvalue weighted by Gasteiger charge is -2.19. The number of nitro benzene ring substituents is 1. The third kappa shape index (κ3) is 3.36. The molecule has 0 atom stereocenters. The molecule has 0 radical (unpaired) electrons. The minimum Gasteiger partial charge on any atom is -0.322 e. The van der Waals surface area contributed by atoms with Gasteiger partial charge in [-0.2, -0.15) is 0 Å². The van der Waals surface area contributed by atoms with Crippen molar-refractivity contribution in [2.75, 3.05) is 5.32 Å². The van der Waals surface area contributed by atoms with Crippen molar-refractivity contribution in [3.8, 4) is 0 Å². The second-order valence-corrected chi connectivity index (χ2v) is 6.69. The highest BCUT2D eigenvalue weighted by Gasteiger charge is 2.18. The number of amides is 1. The Morgan fingerprint density at radius 3 is 2.70 bits per heavy atom. The monoisotopic (exact) mass is 422 g/mol. The molecule has 0 heterocycles. The fourth-order valence-electron chi connectivity index (χ4n) is 2.89. The first-order valence-electron chi connectivity index (χ1n) is 7.42. The van der Waals surface area contributed by atoms with E-state index in [9.17, 15) is 14.9 Å². The van der Waals surface area contributed by atoms with Crippen LogP contribution in [-0.4, -0.2) is 10.8 Å². The third-order valence-electron chi connectivity index (χ3n) is 4.05. The number of nitrogens with one attached hydrogen (secondary N) is 1. The number of benzene rings is 2. The standard InChI is InChI=1S/C17H15IN2O3/c18-15-10-12(20(22)23)8-9-14(15)17(21)19-16-7-3-5-11-4-1-2-6-13(11)16/h3,5,7-10H,1-2,4,6H2,(H,19,21). The summed E-state index contributed by atoms with van der Waals surface area (Å²) < 4.78 is 0.569. The summed E-state index contributed by atoms with van der Waals surface area (Å²) in [5.74, 6) is -0.233. The second-order valence-electron chi connectivity index (χ2n) is 5.53. The summed E-state index contributed by atoms with van der Waals surface area (Å²) in [6, 6.07) is 10.3. The van der Waals surface area contributed by atoms with E-state index in [4.69, 9.17) is 0 Å². The van der Waals surface area contributed by atoms with Crippen LogP contribution in [0.2, 0.25) is 0 Å². The van der Waals surface area contributed by atoms with Crippen LogP contribution in [0.5, 0.6) is 0 Å². The van der Waals surface area contributed by atoms with Gasteiger partial charge in [-0.25, -0.2) is 0 Å². The third-order valence-corrected chi connectivity index (χ3v) is 4.94. The quantitative estimate of drug-likeness (QED) is 0.455. The summed E-state index contributed by atoms with van der Waals surface area (Å²) in [5.41, 5.74) is 3.80. The largest absolute Gasteiger partial charge is 0.322 e. The van der Waals surface area contributed by atoms with Crippen LogP contribution < -0.4 is 5.32 Å². The molecule has 6 heteroatoms. The molecule has 0 bridgehead atoms. The first kappa shape index (κ1) is 15.9. The average molecular weight is 422 g/mol. The second kappa shape index (κ2) is 6.66. The average Bonchev–Trinajstić information content (AvgIpc) is 2.55. The highest BCUT2D eigenvalue weighted by molar-refractivity contribution is 14.1. The molecule has 23 heavy (non-hydrogen) atoms. The van der Waals surface area contributed by atoms with Crippen molar-refractivity contribution < 1.29 is 9.72 Å². The minimum absolute atomic E-state index is 0.0111. The maximum absolute atomic E-state index is 12.5. The predicted octanol–water partition coefficient (Wildman–Crippen LogP) is 4.33. The summed E-state index contributed by atoms with van der Waals surface area (Å²) in [6.07, 6.45) is 4.34. The Labute approximate surface area is 147 Å². The van der Waals surface area contributed by atoms with Crippen LogP contribution in [-0.2, 0) is 12.8 Å². The first-order valence-corrected chi connectivity index (χ1v) is 8.50. The molecule has 0 fully saturated rings. The Balaban J connectivity index is 1.87. The fourth-order valence-corrected chi connectivity index (χ4v) is 3.63. The van der Waals surface area contributed by atoms with E-state index in [1.165, 1.54) is 35.7 Å². The molecule has 118 valence electrons. The Morgan fingerprint density at radius 2 is 1.96 bits per heavy atom. The molecule has 1 aliphatic rings. The van der Waals surface area contributed by atoms with Gasteiger partial charge in [0.05, 0.1) is 10.5 Å². The first-order chi connectivity index (χ1) is 11.1. The van der Waals surface area contributed by atoms with Gasteiger partial charge in [-0.15, -0.1) is 0 Å². The smallest absolute Gasteiger partial charge is 0.270 e. The number of halogens is 1. The van der Waals surface area contributed by atoms with Crippen LogP contribution >= 0.6 is 22.6 Å². The van der Waals surface area contributed by atoms with Crippen molar-refractivity contribution in [3.05, 3.63) is 66.8 Å². The molecule has 0 saturated heterocycles. The molecule has 1 N–H and O–H groups in total. The predicted molar refractivity (Wildman–Crippen MR) is 96.9 cm³/mol. The Bertz CT molecular complexity index is 789. The number of rotatable bonds is 3. The summed E-state index contributed by atoms with van der Waals surface area (Å²) in [4.78, 5) is 22.8. The van der Waals surface area contributed by atoms with Crippen LogP contribution in [0, 0.1) is 13.7 Å². The van der Waals surface area contributed by atoms with Crippen molar-refractivity contribution in [2.45, 2.75) is 25.7 Å². The number of nitrogens with zero attached hydrogens (tertiary/aromatic N) is 1. The van der Waals surface area contributed by atoms with E-state index in [-0.39, 0.29) is 11.6 Å². The number of non-ortho nitro benzene ring substituents is 1. The van der Waals surface area contributed by atoms with Crippen molar-refractivity contribution >= 4 is 39.9 Å². The van der Waals surface area contributed by atoms with Gasteiger partial charge in [-0.1, -0.05) is 12.1 Å². The van der Waals surface area contributed by atoms with E-state index in [0.717, 1.165) is 24.9 Å². The number of carbonyl (C=O) groups is 1. The number of nitro groups is 1. The number of hydrogen-bond donors (Lipinski definition) is 1. The summed E-state index contributed by atoms with van der Waals surface area (Å²) in [6.45, 7) is 0. The minimum atomic E-state index is -0.461. The summed E-state index contributed by atoms with van der Waals surface area (Å²) in [5, 5.41) is 13.7. The highest BCUT2D eigenvalue weighted by atomic mass is 127. The van der Waals surface area contributed by atoms with Gasteiger partial charge in [-0.3, -0.25) is 14.9 Å². The van der Waals surface area contributed by atoms with Gasteiger partial charge in [0.1, 0.15) is 0 Å². The van der Waals surface area contributed by atoms with Crippen LogP contribution in [0.1, 0.15) is 34.3 Å². The zero-order valence-corrected chi connectivity index (χ0v) is 14.5. The van der Waals surface area contributed by atoms with Crippen LogP contribution in [0.3, 0.4) is 0 Å². The highest BCUT2D eigenvalue weighted by Crippen LogP contribution is 2.28. The summed E-state index contributed by atoms with van der Waals surface area (Å²) >= 11 is 1.96. The van der Waals surface area contributed by atoms with Gasteiger partial charge in [0, 0.05) is 21.4 Å². The molecule has 5 nitrogen and oxygen atoms in total. The zero-order chi connectivity index (χ0) is 16.4. The van der Waals surface area contributed by atoms with Gasteiger partial charge in [0.25, 0.3) is 11.6 Å². The number of aryl methyl sites for hydroxylation is 1. The maximum Gasteiger partial charge on any atom is 0.270 e. The number of fused-ring (bicyclic) bond motifs is 1. The molecule has 3 rings (SSSR count). The topological polar surface area (TPSA) is 72.2 Å². The lowest BCUT2D eigenvalue weighted by atomic mass is 9.90. The van der Waals surface area contributed by atoms with Gasteiger partial charge in [0.2, 0.25) is 0 Å². The molecule has 1 amide bonds. The van der Waals surface area contributed by atoms with Crippen molar-refractivity contribution in [2.24, 2.45) is 0 Å². The molecule has 2 aromatic rings. The molecule has 2 aromatic carbocycles. The van der Waals surface area contributed by atoms with Crippen molar-refractivity contribution in [1.82, 2.24) is 0 Å². The van der Waals surface area contributed by atoms with Crippen LogP contribution in [0.25, 0.3) is 0 Å². The fraction of sp³-hybridized carbons (Fsp3) is 0.235. The SMILES string of the molecule is O=C(Nc1cccc2c1CCCC2)c1ccc([N+](=O)[O-])cc1I. The zero-order valence-electron chi connectivity index (χ0n) is 12.3. The number of carbonyl (C=O) groups excluding carboxylic acids is 1. The lowest BCUT2D eigenvalue weighted by Crippen LogP contribution is -2.16. The van der Waals surface area contributed by atoms with Crippen LogP contribution in [0.15, 0.2) is 36.4 Å². The molecule has 0 spiro atoms. The van der Waals surface area contributed by atoms with Gasteiger partial charge in [-0.05, 0) is 71.5 Å². The molecule has 0 saturated carbocycles. The Morgan fingerprint density at radius 1 is 1.17 bits per heavy atom. The molecule has 0 unspecified atom stereocenters. The van der Waals surface area contributed by atoms with Crippen molar-refractivity contribution in [1.29, 1.82) is 0 Å². The van der Waals surface area contributed by atoms with E-state index < -0.39 is 4.92 Å².